The average molecular weight is 324 g/mol. The van der Waals surface area contributed by atoms with Crippen LogP contribution in [-0.2, 0) is 4.74 Å². The van der Waals surface area contributed by atoms with Gasteiger partial charge in [-0.2, -0.15) is 0 Å². The first-order chi connectivity index (χ1) is 11.7. The third kappa shape index (κ3) is 3.28. The van der Waals surface area contributed by atoms with Gasteiger partial charge in [0.05, 0.1) is 18.6 Å². The standard InChI is InChI=1S/C20H24N2O2/c1-3-20(12-8-5-9-13-20)24-19(23)18-14-21-15-22(18)16(2)17-10-6-4-7-11-17/h3-4,6-7,10-11,14-16H,1,5,8-9,12-13H2,2H3/t16-/m1/s1. The number of hydrogen-bond acceptors (Lipinski definition) is 3. The number of carbonyl (C=O) groups excluding carboxylic acids is 1. The largest absolute Gasteiger partial charge is 0.450 e. The van der Waals surface area contributed by atoms with Gasteiger partial charge in [0.2, 0.25) is 0 Å². The highest BCUT2D eigenvalue weighted by Crippen LogP contribution is 2.33. The SMILES string of the molecule is C=CC1(OC(=O)c2cncn2[C@H](C)c2ccccc2)CCCCC1. The minimum Gasteiger partial charge on any atom is -0.450 e. The molecule has 1 atom stereocenters. The third-order valence-corrected chi connectivity index (χ3v) is 4.94. The van der Waals surface area contributed by atoms with Crippen LogP contribution >= 0.6 is 0 Å². The second-order valence-electron chi connectivity index (χ2n) is 6.49. The van der Waals surface area contributed by atoms with Gasteiger partial charge in [-0.3, -0.25) is 0 Å². The van der Waals surface area contributed by atoms with Crippen LogP contribution < -0.4 is 0 Å². The van der Waals surface area contributed by atoms with Crippen molar-refractivity contribution in [3.8, 4) is 0 Å². The average Bonchev–Trinajstić information content (AvgIpc) is 3.12. The summed E-state index contributed by atoms with van der Waals surface area (Å²) in [5, 5.41) is 0. The molecule has 1 aromatic carbocycles. The van der Waals surface area contributed by atoms with Crippen LogP contribution in [-0.4, -0.2) is 21.1 Å². The molecule has 4 nitrogen and oxygen atoms in total. The van der Waals surface area contributed by atoms with Crippen LogP contribution in [0.1, 0.15) is 61.1 Å². The molecule has 1 aromatic heterocycles. The molecule has 0 saturated heterocycles. The molecular formula is C20H24N2O2. The van der Waals surface area contributed by atoms with Crippen molar-refractivity contribution in [3.63, 3.8) is 0 Å². The van der Waals surface area contributed by atoms with Gasteiger partial charge < -0.3 is 9.30 Å². The molecule has 1 saturated carbocycles. The monoisotopic (exact) mass is 324 g/mol. The molecule has 0 radical (unpaired) electrons. The van der Waals surface area contributed by atoms with E-state index in [0.717, 1.165) is 31.2 Å². The van der Waals surface area contributed by atoms with Crippen LogP contribution in [0.4, 0.5) is 0 Å². The van der Waals surface area contributed by atoms with Crippen molar-refractivity contribution in [2.45, 2.75) is 50.7 Å². The molecular weight excluding hydrogens is 300 g/mol. The van der Waals surface area contributed by atoms with Crippen LogP contribution in [0.3, 0.4) is 0 Å². The van der Waals surface area contributed by atoms with Crippen molar-refractivity contribution < 1.29 is 9.53 Å². The molecule has 4 heteroatoms. The molecule has 3 rings (SSSR count). The summed E-state index contributed by atoms with van der Waals surface area (Å²) >= 11 is 0. The highest BCUT2D eigenvalue weighted by atomic mass is 16.6. The van der Waals surface area contributed by atoms with Crippen molar-refractivity contribution >= 4 is 5.97 Å². The Morgan fingerprint density at radius 1 is 1.29 bits per heavy atom. The van der Waals surface area contributed by atoms with Gasteiger partial charge in [0.25, 0.3) is 0 Å². The normalized spacial score (nSPS) is 17.9. The predicted molar refractivity (Wildman–Crippen MR) is 93.9 cm³/mol. The molecule has 0 N–H and O–H groups in total. The summed E-state index contributed by atoms with van der Waals surface area (Å²) in [7, 11) is 0. The molecule has 0 bridgehead atoms. The molecule has 0 amide bonds. The van der Waals surface area contributed by atoms with Crippen LogP contribution in [0, 0.1) is 0 Å². The van der Waals surface area contributed by atoms with Crippen LogP contribution in [0.5, 0.6) is 0 Å². The van der Waals surface area contributed by atoms with E-state index >= 15 is 0 Å². The van der Waals surface area contributed by atoms with Gasteiger partial charge in [-0.05, 0) is 44.2 Å². The van der Waals surface area contributed by atoms with Gasteiger partial charge in [-0.1, -0.05) is 43.3 Å². The number of aromatic nitrogens is 2. The highest BCUT2D eigenvalue weighted by molar-refractivity contribution is 5.88. The van der Waals surface area contributed by atoms with Gasteiger partial charge >= 0.3 is 5.97 Å². The van der Waals surface area contributed by atoms with E-state index in [1.54, 1.807) is 18.6 Å². The molecule has 1 aliphatic rings. The number of imidazole rings is 1. The zero-order valence-corrected chi connectivity index (χ0v) is 14.1. The van der Waals surface area contributed by atoms with Gasteiger partial charge in [-0.25, -0.2) is 9.78 Å². The molecule has 1 fully saturated rings. The number of carbonyl (C=O) groups is 1. The second kappa shape index (κ2) is 7.04. The summed E-state index contributed by atoms with van der Waals surface area (Å²) in [5.74, 6) is -0.322. The Balaban J connectivity index is 1.82. The van der Waals surface area contributed by atoms with Crippen molar-refractivity contribution in [2.75, 3.05) is 0 Å². The molecule has 2 aromatic rings. The topological polar surface area (TPSA) is 44.1 Å². The fourth-order valence-electron chi connectivity index (χ4n) is 3.40. The minimum absolute atomic E-state index is 0.0160. The number of rotatable bonds is 5. The number of benzene rings is 1. The summed E-state index contributed by atoms with van der Waals surface area (Å²) in [5.41, 5.74) is 1.08. The summed E-state index contributed by atoms with van der Waals surface area (Å²) in [6, 6.07) is 10.1. The lowest BCUT2D eigenvalue weighted by Crippen LogP contribution is -2.35. The fraction of sp³-hybridized carbons (Fsp3) is 0.400. The Morgan fingerprint density at radius 2 is 2.00 bits per heavy atom. The van der Waals surface area contributed by atoms with Crippen LogP contribution in [0.15, 0.2) is 55.5 Å². The summed E-state index contributed by atoms with van der Waals surface area (Å²) in [6.07, 6.45) is 10.1. The Bertz CT molecular complexity index is 699. The molecule has 0 spiro atoms. The Morgan fingerprint density at radius 3 is 2.67 bits per heavy atom. The van der Waals surface area contributed by atoms with E-state index in [1.165, 1.54) is 6.42 Å². The van der Waals surface area contributed by atoms with Crippen molar-refractivity contribution in [1.82, 2.24) is 9.55 Å². The number of hydrogen-bond donors (Lipinski definition) is 0. The minimum atomic E-state index is -0.527. The summed E-state index contributed by atoms with van der Waals surface area (Å²) in [6.45, 7) is 5.95. The van der Waals surface area contributed by atoms with E-state index in [-0.39, 0.29) is 12.0 Å². The van der Waals surface area contributed by atoms with E-state index in [1.807, 2.05) is 34.9 Å². The predicted octanol–water partition coefficient (Wildman–Crippen LogP) is 4.54. The maximum absolute atomic E-state index is 12.8. The van der Waals surface area contributed by atoms with Gasteiger partial charge in [0, 0.05) is 0 Å². The molecule has 1 aliphatic carbocycles. The van der Waals surface area contributed by atoms with E-state index in [2.05, 4.69) is 18.5 Å². The lowest BCUT2D eigenvalue weighted by molar-refractivity contribution is -0.0124. The lowest BCUT2D eigenvalue weighted by Gasteiger charge is -2.34. The van der Waals surface area contributed by atoms with E-state index < -0.39 is 5.60 Å². The first-order valence-corrected chi connectivity index (χ1v) is 8.59. The number of nitrogens with zero attached hydrogens (tertiary/aromatic N) is 2. The fourth-order valence-corrected chi connectivity index (χ4v) is 3.40. The highest BCUT2D eigenvalue weighted by Gasteiger charge is 2.34. The maximum atomic E-state index is 12.8. The number of ether oxygens (including phenoxy) is 1. The van der Waals surface area contributed by atoms with Crippen molar-refractivity contribution in [1.29, 1.82) is 0 Å². The van der Waals surface area contributed by atoms with E-state index in [0.29, 0.717) is 5.69 Å². The molecule has 0 aliphatic heterocycles. The van der Waals surface area contributed by atoms with Gasteiger partial charge in [0.1, 0.15) is 11.3 Å². The summed E-state index contributed by atoms with van der Waals surface area (Å²) in [4.78, 5) is 16.9. The molecule has 126 valence electrons. The van der Waals surface area contributed by atoms with E-state index in [4.69, 9.17) is 4.74 Å². The Labute approximate surface area is 143 Å². The Kier molecular flexibility index (Phi) is 4.84. The van der Waals surface area contributed by atoms with Gasteiger partial charge in [0.15, 0.2) is 0 Å². The lowest BCUT2D eigenvalue weighted by atomic mass is 9.85. The Hall–Kier alpha value is -2.36. The van der Waals surface area contributed by atoms with Gasteiger partial charge in [-0.15, -0.1) is 0 Å². The molecule has 0 unspecified atom stereocenters. The maximum Gasteiger partial charge on any atom is 0.357 e. The molecule has 1 heterocycles. The first kappa shape index (κ1) is 16.5. The van der Waals surface area contributed by atoms with E-state index in [9.17, 15) is 4.79 Å². The number of esters is 1. The zero-order chi connectivity index (χ0) is 17.0. The molecule has 24 heavy (non-hydrogen) atoms. The van der Waals surface area contributed by atoms with Crippen molar-refractivity contribution in [2.24, 2.45) is 0 Å². The quantitative estimate of drug-likeness (QED) is 0.599. The van der Waals surface area contributed by atoms with Crippen LogP contribution in [0.2, 0.25) is 0 Å². The van der Waals surface area contributed by atoms with Crippen LogP contribution in [0.25, 0.3) is 0 Å². The van der Waals surface area contributed by atoms with Crippen molar-refractivity contribution in [3.05, 3.63) is 66.8 Å². The zero-order valence-electron chi connectivity index (χ0n) is 14.1. The first-order valence-electron chi connectivity index (χ1n) is 8.59. The third-order valence-electron chi connectivity index (χ3n) is 4.94. The smallest absolute Gasteiger partial charge is 0.357 e. The second-order valence-corrected chi connectivity index (χ2v) is 6.49. The summed E-state index contributed by atoms with van der Waals surface area (Å²) < 4.78 is 7.75.